The fourth-order valence-electron chi connectivity index (χ4n) is 2.55. The van der Waals surface area contributed by atoms with Crippen LogP contribution in [0.25, 0.3) is 22.4 Å². The summed E-state index contributed by atoms with van der Waals surface area (Å²) < 4.78 is 2.33. The van der Waals surface area contributed by atoms with Gasteiger partial charge in [-0.2, -0.15) is 0 Å². The minimum atomic E-state index is 0.571. The first-order valence-electron chi connectivity index (χ1n) is 6.42. The Hall–Kier alpha value is -1.88. The Labute approximate surface area is 114 Å². The molecule has 19 heavy (non-hydrogen) atoms. The molecule has 0 aliphatic heterocycles. The predicted molar refractivity (Wildman–Crippen MR) is 78.3 cm³/mol. The normalized spacial score (nSPS) is 15.2. The average Bonchev–Trinajstić information content (AvgIpc) is 3.07. The van der Waals surface area contributed by atoms with Crippen LogP contribution in [0.4, 0.5) is 5.00 Å². The standard InChI is InChI=1S/C14H14N4S/c1-8-6-10(13(15)19-8)14-17-11-7-16-5-4-12(11)18(14)9-2-3-9/h4-7,9H,2-3,15H2,1H3. The lowest BCUT2D eigenvalue weighted by Gasteiger charge is -2.06. The number of nitrogens with two attached hydrogens (primary N) is 1. The molecule has 1 saturated carbocycles. The molecule has 0 saturated heterocycles. The van der Waals surface area contributed by atoms with Gasteiger partial charge in [0.1, 0.15) is 11.3 Å². The number of aromatic nitrogens is 3. The zero-order valence-electron chi connectivity index (χ0n) is 10.6. The molecule has 0 spiro atoms. The highest BCUT2D eigenvalue weighted by Crippen LogP contribution is 2.43. The molecule has 1 aliphatic rings. The van der Waals surface area contributed by atoms with E-state index in [0.29, 0.717) is 6.04 Å². The van der Waals surface area contributed by atoms with E-state index in [2.05, 4.69) is 22.5 Å². The van der Waals surface area contributed by atoms with Gasteiger partial charge in [0, 0.05) is 17.1 Å². The van der Waals surface area contributed by atoms with Gasteiger partial charge < -0.3 is 10.3 Å². The Morgan fingerprint density at radius 2 is 2.26 bits per heavy atom. The Balaban J connectivity index is 2.03. The molecule has 3 aromatic heterocycles. The first kappa shape index (κ1) is 11.0. The van der Waals surface area contributed by atoms with E-state index in [1.54, 1.807) is 11.3 Å². The number of hydrogen-bond donors (Lipinski definition) is 1. The van der Waals surface area contributed by atoms with E-state index in [0.717, 1.165) is 27.4 Å². The smallest absolute Gasteiger partial charge is 0.144 e. The summed E-state index contributed by atoms with van der Waals surface area (Å²) in [7, 11) is 0. The molecular formula is C14H14N4S. The van der Waals surface area contributed by atoms with E-state index in [1.807, 2.05) is 18.5 Å². The van der Waals surface area contributed by atoms with Crippen LogP contribution in [0.1, 0.15) is 23.8 Å². The van der Waals surface area contributed by atoms with Crippen molar-refractivity contribution in [3.8, 4) is 11.4 Å². The maximum Gasteiger partial charge on any atom is 0.144 e. The quantitative estimate of drug-likeness (QED) is 0.776. The van der Waals surface area contributed by atoms with Gasteiger partial charge in [-0.1, -0.05) is 0 Å². The number of rotatable bonds is 2. The number of hydrogen-bond acceptors (Lipinski definition) is 4. The van der Waals surface area contributed by atoms with Crippen molar-refractivity contribution < 1.29 is 0 Å². The Morgan fingerprint density at radius 3 is 2.95 bits per heavy atom. The second kappa shape index (κ2) is 3.81. The summed E-state index contributed by atoms with van der Waals surface area (Å²) in [5, 5.41) is 0.850. The summed E-state index contributed by atoms with van der Waals surface area (Å²) in [4.78, 5) is 10.1. The zero-order valence-corrected chi connectivity index (χ0v) is 11.4. The molecule has 4 nitrogen and oxygen atoms in total. The van der Waals surface area contributed by atoms with Crippen molar-refractivity contribution in [2.24, 2.45) is 0 Å². The molecule has 0 bridgehead atoms. The molecule has 1 fully saturated rings. The second-order valence-corrected chi connectivity index (χ2v) is 6.32. The van der Waals surface area contributed by atoms with E-state index in [4.69, 9.17) is 10.7 Å². The van der Waals surface area contributed by atoms with Crippen LogP contribution >= 0.6 is 11.3 Å². The maximum atomic E-state index is 6.13. The van der Waals surface area contributed by atoms with E-state index in [-0.39, 0.29) is 0 Å². The molecule has 0 atom stereocenters. The van der Waals surface area contributed by atoms with Crippen LogP contribution < -0.4 is 5.73 Å². The molecule has 0 aromatic carbocycles. The van der Waals surface area contributed by atoms with Crippen molar-refractivity contribution in [1.82, 2.24) is 14.5 Å². The molecule has 4 rings (SSSR count). The van der Waals surface area contributed by atoms with Crippen LogP contribution in [0.15, 0.2) is 24.5 Å². The van der Waals surface area contributed by atoms with Gasteiger partial charge in [-0.3, -0.25) is 4.98 Å². The highest BCUT2D eigenvalue weighted by Gasteiger charge is 2.29. The Bertz CT molecular complexity index is 767. The molecular weight excluding hydrogens is 256 g/mol. The molecule has 5 heteroatoms. The summed E-state index contributed by atoms with van der Waals surface area (Å²) in [5.74, 6) is 0.993. The third-order valence-electron chi connectivity index (χ3n) is 3.53. The number of thiophene rings is 1. The number of nitrogen functional groups attached to an aromatic ring is 1. The number of fused-ring (bicyclic) bond motifs is 1. The van der Waals surface area contributed by atoms with Crippen LogP contribution in [0, 0.1) is 6.92 Å². The molecule has 96 valence electrons. The Morgan fingerprint density at radius 1 is 1.42 bits per heavy atom. The lowest BCUT2D eigenvalue weighted by molar-refractivity contribution is 0.775. The van der Waals surface area contributed by atoms with Gasteiger partial charge in [-0.05, 0) is 31.9 Å². The predicted octanol–water partition coefficient (Wildman–Crippen LogP) is 3.39. The SMILES string of the molecule is Cc1cc(-c2nc3cnccc3n2C2CC2)c(N)s1. The van der Waals surface area contributed by atoms with E-state index in [9.17, 15) is 0 Å². The van der Waals surface area contributed by atoms with Crippen molar-refractivity contribution >= 4 is 27.4 Å². The summed E-state index contributed by atoms with van der Waals surface area (Å²) in [5.41, 5.74) is 9.31. The van der Waals surface area contributed by atoms with Crippen LogP contribution in [0.2, 0.25) is 0 Å². The van der Waals surface area contributed by atoms with Gasteiger partial charge in [0.05, 0.1) is 22.3 Å². The molecule has 0 unspecified atom stereocenters. The molecule has 2 N–H and O–H groups in total. The molecule has 3 aromatic rings. The first-order chi connectivity index (χ1) is 9.24. The van der Waals surface area contributed by atoms with Crippen LogP contribution in [0.3, 0.4) is 0 Å². The van der Waals surface area contributed by atoms with Gasteiger partial charge >= 0.3 is 0 Å². The maximum absolute atomic E-state index is 6.13. The molecule has 3 heterocycles. The average molecular weight is 270 g/mol. The lowest BCUT2D eigenvalue weighted by atomic mass is 10.2. The number of anilines is 1. The van der Waals surface area contributed by atoms with Crippen LogP contribution in [-0.4, -0.2) is 14.5 Å². The fourth-order valence-corrected chi connectivity index (χ4v) is 3.33. The third-order valence-corrected chi connectivity index (χ3v) is 4.41. The molecule has 0 amide bonds. The summed E-state index contributed by atoms with van der Waals surface area (Å²) in [6, 6.07) is 4.75. The minimum absolute atomic E-state index is 0.571. The van der Waals surface area contributed by atoms with Crippen molar-refractivity contribution in [2.45, 2.75) is 25.8 Å². The highest BCUT2D eigenvalue weighted by molar-refractivity contribution is 7.16. The fraction of sp³-hybridized carbons (Fsp3) is 0.286. The number of imidazole rings is 1. The van der Waals surface area contributed by atoms with Gasteiger partial charge in [-0.15, -0.1) is 11.3 Å². The lowest BCUT2D eigenvalue weighted by Crippen LogP contribution is -1.98. The van der Waals surface area contributed by atoms with Gasteiger partial charge in [-0.25, -0.2) is 4.98 Å². The van der Waals surface area contributed by atoms with E-state index >= 15 is 0 Å². The molecule has 1 aliphatic carbocycles. The van der Waals surface area contributed by atoms with Crippen molar-refractivity contribution in [3.05, 3.63) is 29.4 Å². The third kappa shape index (κ3) is 1.65. The number of pyridine rings is 1. The van der Waals surface area contributed by atoms with E-state index in [1.165, 1.54) is 17.7 Å². The number of aryl methyl sites for hydroxylation is 1. The van der Waals surface area contributed by atoms with E-state index < -0.39 is 0 Å². The van der Waals surface area contributed by atoms with Crippen LogP contribution in [-0.2, 0) is 0 Å². The monoisotopic (exact) mass is 270 g/mol. The Kier molecular flexibility index (Phi) is 2.20. The largest absolute Gasteiger partial charge is 0.390 e. The second-order valence-electron chi connectivity index (χ2n) is 5.04. The first-order valence-corrected chi connectivity index (χ1v) is 7.24. The topological polar surface area (TPSA) is 56.7 Å². The van der Waals surface area contributed by atoms with Crippen molar-refractivity contribution in [1.29, 1.82) is 0 Å². The van der Waals surface area contributed by atoms with Crippen molar-refractivity contribution in [2.75, 3.05) is 5.73 Å². The zero-order chi connectivity index (χ0) is 13.0. The highest BCUT2D eigenvalue weighted by atomic mass is 32.1. The van der Waals surface area contributed by atoms with Gasteiger partial charge in [0.15, 0.2) is 0 Å². The molecule has 0 radical (unpaired) electrons. The summed E-state index contributed by atoms with van der Waals surface area (Å²) in [6.45, 7) is 2.08. The summed E-state index contributed by atoms with van der Waals surface area (Å²) >= 11 is 1.62. The number of nitrogens with zero attached hydrogens (tertiary/aromatic N) is 3. The summed E-state index contributed by atoms with van der Waals surface area (Å²) in [6.07, 6.45) is 6.11. The van der Waals surface area contributed by atoms with Crippen LogP contribution in [0.5, 0.6) is 0 Å². The van der Waals surface area contributed by atoms with Gasteiger partial charge in [0.25, 0.3) is 0 Å². The van der Waals surface area contributed by atoms with Crippen molar-refractivity contribution in [3.63, 3.8) is 0 Å². The van der Waals surface area contributed by atoms with Gasteiger partial charge in [0.2, 0.25) is 0 Å². The minimum Gasteiger partial charge on any atom is -0.390 e.